The largest absolute Gasteiger partial charge is 0.263 e. The third-order valence-electron chi connectivity index (χ3n) is 5.14. The van der Waals surface area contributed by atoms with Crippen LogP contribution in [-0.4, -0.2) is 18.2 Å². The Morgan fingerprint density at radius 3 is 2.46 bits per heavy atom. The van der Waals surface area contributed by atoms with Gasteiger partial charge in [-0.15, -0.1) is 5.10 Å². The Morgan fingerprint density at radius 2 is 1.75 bits per heavy atom. The summed E-state index contributed by atoms with van der Waals surface area (Å²) in [6.07, 6.45) is 7.55. The first-order valence-electron chi connectivity index (χ1n) is 9.46. The molecule has 0 aliphatic heterocycles. The molecule has 7 heteroatoms. The maximum absolute atomic E-state index is 12.9. The Hall–Kier alpha value is -2.31. The molecule has 0 bridgehead atoms. The maximum atomic E-state index is 12.9. The summed E-state index contributed by atoms with van der Waals surface area (Å²) >= 11 is 6.12. The van der Waals surface area contributed by atoms with Crippen LogP contribution in [0.25, 0.3) is 5.69 Å². The van der Waals surface area contributed by atoms with E-state index in [2.05, 4.69) is 9.82 Å². The highest BCUT2D eigenvalue weighted by Crippen LogP contribution is 2.37. The molecule has 2 aromatic carbocycles. The van der Waals surface area contributed by atoms with E-state index in [9.17, 15) is 8.42 Å². The summed E-state index contributed by atoms with van der Waals surface area (Å²) in [4.78, 5) is 0.224. The van der Waals surface area contributed by atoms with Crippen LogP contribution in [0.5, 0.6) is 0 Å². The predicted octanol–water partition coefficient (Wildman–Crippen LogP) is 5.37. The predicted molar refractivity (Wildman–Crippen MR) is 112 cm³/mol. The van der Waals surface area contributed by atoms with E-state index in [-0.39, 0.29) is 4.90 Å². The second-order valence-corrected chi connectivity index (χ2v) is 9.23. The maximum Gasteiger partial charge on any atom is 0.263 e. The zero-order chi connectivity index (χ0) is 19.6. The molecule has 5 nitrogen and oxygen atoms in total. The fourth-order valence-corrected chi connectivity index (χ4v) is 4.95. The first-order chi connectivity index (χ1) is 13.5. The second kappa shape index (κ2) is 7.97. The zero-order valence-electron chi connectivity index (χ0n) is 15.4. The normalized spacial score (nSPS) is 15.5. The van der Waals surface area contributed by atoms with Gasteiger partial charge in [0.25, 0.3) is 10.0 Å². The van der Waals surface area contributed by atoms with Gasteiger partial charge in [-0.25, -0.2) is 13.1 Å². The number of hydrogen-bond donors (Lipinski definition) is 1. The first kappa shape index (κ1) is 19.0. The van der Waals surface area contributed by atoms with E-state index >= 15 is 0 Å². The van der Waals surface area contributed by atoms with E-state index in [4.69, 9.17) is 11.6 Å². The molecule has 0 radical (unpaired) electrons. The highest BCUT2D eigenvalue weighted by Gasteiger charge is 2.25. The van der Waals surface area contributed by atoms with E-state index in [0.717, 1.165) is 36.9 Å². The minimum atomic E-state index is -3.70. The molecule has 0 spiro atoms. The fourth-order valence-electron chi connectivity index (χ4n) is 3.72. The molecule has 0 amide bonds. The average Bonchev–Trinajstić information content (AvgIpc) is 3.12. The van der Waals surface area contributed by atoms with Crippen molar-refractivity contribution in [2.45, 2.75) is 42.9 Å². The number of nitrogens with zero attached hydrogens (tertiary/aromatic N) is 2. The third-order valence-corrected chi connectivity index (χ3v) is 6.73. The van der Waals surface area contributed by atoms with Crippen molar-refractivity contribution in [3.63, 3.8) is 0 Å². The van der Waals surface area contributed by atoms with Crippen LogP contribution < -0.4 is 4.72 Å². The molecular formula is C21H22ClN3O2S. The molecule has 1 aliphatic rings. The van der Waals surface area contributed by atoms with E-state index in [0.29, 0.717) is 16.8 Å². The fraction of sp³-hybridized carbons (Fsp3) is 0.286. The summed E-state index contributed by atoms with van der Waals surface area (Å²) in [6, 6.07) is 15.7. The van der Waals surface area contributed by atoms with Crippen LogP contribution in [-0.2, 0) is 10.0 Å². The van der Waals surface area contributed by atoms with Crippen molar-refractivity contribution in [3.05, 3.63) is 71.4 Å². The molecule has 1 N–H and O–H groups in total. The quantitative estimate of drug-likeness (QED) is 0.608. The molecule has 0 atom stereocenters. The van der Waals surface area contributed by atoms with Crippen molar-refractivity contribution in [1.82, 2.24) is 9.78 Å². The van der Waals surface area contributed by atoms with Gasteiger partial charge in [-0.1, -0.05) is 55.1 Å². The van der Waals surface area contributed by atoms with E-state index in [1.165, 1.54) is 6.42 Å². The van der Waals surface area contributed by atoms with Crippen molar-refractivity contribution < 1.29 is 8.42 Å². The lowest BCUT2D eigenvalue weighted by Crippen LogP contribution is -2.15. The molecular weight excluding hydrogens is 394 g/mol. The van der Waals surface area contributed by atoms with Crippen molar-refractivity contribution in [1.29, 1.82) is 0 Å². The van der Waals surface area contributed by atoms with Crippen molar-refractivity contribution >= 4 is 27.4 Å². The second-order valence-electron chi connectivity index (χ2n) is 7.11. The van der Waals surface area contributed by atoms with Gasteiger partial charge in [0.2, 0.25) is 0 Å². The smallest absolute Gasteiger partial charge is 0.262 e. The molecule has 1 heterocycles. The topological polar surface area (TPSA) is 64.0 Å². The average molecular weight is 416 g/mol. The van der Waals surface area contributed by atoms with Crippen LogP contribution in [0.4, 0.5) is 5.82 Å². The van der Waals surface area contributed by atoms with Gasteiger partial charge in [0.05, 0.1) is 10.6 Å². The molecule has 146 valence electrons. The van der Waals surface area contributed by atoms with Gasteiger partial charge in [0.1, 0.15) is 0 Å². The molecule has 3 aromatic rings. The van der Waals surface area contributed by atoms with Gasteiger partial charge < -0.3 is 0 Å². The lowest BCUT2D eigenvalue weighted by molar-refractivity contribution is 0.444. The van der Waals surface area contributed by atoms with Gasteiger partial charge >= 0.3 is 0 Å². The minimum absolute atomic E-state index is 0.224. The number of sulfonamides is 1. The van der Waals surface area contributed by atoms with Crippen molar-refractivity contribution in [2.75, 3.05) is 4.72 Å². The zero-order valence-corrected chi connectivity index (χ0v) is 17.0. The minimum Gasteiger partial charge on any atom is -0.262 e. The van der Waals surface area contributed by atoms with E-state index in [1.54, 1.807) is 41.1 Å². The Balaban J connectivity index is 1.74. The van der Waals surface area contributed by atoms with Crippen molar-refractivity contribution in [2.24, 2.45) is 0 Å². The summed E-state index contributed by atoms with van der Waals surface area (Å²) in [5.41, 5.74) is 1.74. The molecule has 1 saturated carbocycles. The summed E-state index contributed by atoms with van der Waals surface area (Å²) < 4.78 is 30.1. The number of hydrogen-bond acceptors (Lipinski definition) is 3. The summed E-state index contributed by atoms with van der Waals surface area (Å²) in [5.74, 6) is 0.700. The lowest BCUT2D eigenvalue weighted by atomic mass is 9.85. The molecule has 0 saturated heterocycles. The lowest BCUT2D eigenvalue weighted by Gasteiger charge is -2.21. The monoisotopic (exact) mass is 415 g/mol. The summed E-state index contributed by atoms with van der Waals surface area (Å²) in [5, 5.41) is 5.19. The number of halogens is 1. The van der Waals surface area contributed by atoms with Crippen molar-refractivity contribution in [3.8, 4) is 5.69 Å². The van der Waals surface area contributed by atoms with Gasteiger partial charge in [-0.05, 0) is 49.1 Å². The summed E-state index contributed by atoms with van der Waals surface area (Å²) in [7, 11) is -3.70. The molecule has 1 aliphatic carbocycles. The summed E-state index contributed by atoms with van der Waals surface area (Å²) in [6.45, 7) is 0. The van der Waals surface area contributed by atoms with Crippen LogP contribution in [0.2, 0.25) is 5.02 Å². The molecule has 1 aromatic heterocycles. The number of rotatable bonds is 5. The molecule has 4 rings (SSSR count). The highest BCUT2D eigenvalue weighted by molar-refractivity contribution is 7.92. The van der Waals surface area contributed by atoms with Crippen LogP contribution in [0.3, 0.4) is 0 Å². The van der Waals surface area contributed by atoms with E-state index in [1.807, 2.05) is 24.4 Å². The van der Waals surface area contributed by atoms with Crippen LogP contribution >= 0.6 is 11.6 Å². The Kier molecular flexibility index (Phi) is 5.42. The Bertz CT molecular complexity index is 1060. The number of anilines is 1. The Labute approximate surface area is 170 Å². The Morgan fingerprint density at radius 1 is 1.00 bits per heavy atom. The highest BCUT2D eigenvalue weighted by atomic mass is 35.5. The molecule has 1 fully saturated rings. The number of aromatic nitrogens is 2. The first-order valence-corrected chi connectivity index (χ1v) is 11.3. The third kappa shape index (κ3) is 4.08. The van der Waals surface area contributed by atoms with Gasteiger partial charge in [0, 0.05) is 16.8 Å². The van der Waals surface area contributed by atoms with Crippen LogP contribution in [0.15, 0.2) is 65.7 Å². The van der Waals surface area contributed by atoms with Crippen LogP contribution in [0, 0.1) is 0 Å². The standard InChI is InChI=1S/C21H22ClN3O2S/c22-17-10-7-11-18(14-17)25-15-20(16-8-3-1-4-9-16)21(23-25)24-28(26,27)19-12-5-2-6-13-19/h2,5-7,10-16H,1,3-4,8-9H2,(H,23,24). The van der Waals surface area contributed by atoms with Gasteiger partial charge in [-0.3, -0.25) is 4.72 Å². The SMILES string of the molecule is O=S(=O)(Nc1nn(-c2cccc(Cl)c2)cc1C1CCCCC1)c1ccccc1. The molecule has 0 unspecified atom stereocenters. The van der Waals surface area contributed by atoms with Gasteiger partial charge in [-0.2, -0.15) is 0 Å². The van der Waals surface area contributed by atoms with E-state index < -0.39 is 10.0 Å². The molecule has 28 heavy (non-hydrogen) atoms. The van der Waals surface area contributed by atoms with Gasteiger partial charge in [0.15, 0.2) is 5.82 Å². The van der Waals surface area contributed by atoms with Crippen LogP contribution in [0.1, 0.15) is 43.6 Å². The number of nitrogens with one attached hydrogen (secondary N) is 1. The number of benzene rings is 2.